The van der Waals surface area contributed by atoms with Gasteiger partial charge in [0.15, 0.2) is 0 Å². The lowest BCUT2D eigenvalue weighted by molar-refractivity contribution is -0.140. The Hall–Kier alpha value is -3.12. The van der Waals surface area contributed by atoms with Crippen LogP contribution < -0.4 is 11.1 Å². The number of pyridine rings is 2. The highest BCUT2D eigenvalue weighted by Crippen LogP contribution is 2.68. The SMILES string of the molecule is C[C@@]12C[C@@H](C(=O)Nc3cccc(Br)n3)N(C(=O)Cn3c4ccc(Br)nc4c4c(N)ncnc43)[C@@]1(C)C2. The van der Waals surface area contributed by atoms with Gasteiger partial charge in [-0.15, -0.1) is 0 Å². The van der Waals surface area contributed by atoms with Crippen molar-refractivity contribution in [3.8, 4) is 0 Å². The van der Waals surface area contributed by atoms with E-state index < -0.39 is 11.6 Å². The molecule has 36 heavy (non-hydrogen) atoms. The van der Waals surface area contributed by atoms with E-state index >= 15 is 0 Å². The predicted octanol–water partition coefficient (Wildman–Crippen LogP) is 3.89. The fourth-order valence-electron chi connectivity index (χ4n) is 5.73. The van der Waals surface area contributed by atoms with E-state index in [0.717, 1.165) is 11.9 Å². The molecule has 4 aromatic heterocycles. The van der Waals surface area contributed by atoms with Crippen molar-refractivity contribution in [3.05, 3.63) is 45.9 Å². The molecule has 0 spiro atoms. The van der Waals surface area contributed by atoms with Crippen LogP contribution in [0.4, 0.5) is 11.6 Å². The summed E-state index contributed by atoms with van der Waals surface area (Å²) in [6.07, 6.45) is 2.82. The first-order chi connectivity index (χ1) is 17.1. The Balaban J connectivity index is 1.37. The van der Waals surface area contributed by atoms with Gasteiger partial charge in [-0.3, -0.25) is 9.59 Å². The molecule has 1 aliphatic carbocycles. The van der Waals surface area contributed by atoms with Gasteiger partial charge < -0.3 is 20.5 Å². The van der Waals surface area contributed by atoms with Crippen LogP contribution in [0.2, 0.25) is 0 Å². The first-order valence-corrected chi connectivity index (χ1v) is 13.0. The van der Waals surface area contributed by atoms with Gasteiger partial charge in [0.2, 0.25) is 11.8 Å². The van der Waals surface area contributed by atoms with Gasteiger partial charge in [-0.2, -0.15) is 0 Å². The number of fused-ring (bicyclic) bond motifs is 4. The van der Waals surface area contributed by atoms with Crippen molar-refractivity contribution < 1.29 is 9.59 Å². The third kappa shape index (κ3) is 3.41. The number of carbonyl (C=O) groups excluding carboxylic acids is 2. The number of anilines is 2. The topological polar surface area (TPSA) is 132 Å². The zero-order valence-electron chi connectivity index (χ0n) is 19.5. The summed E-state index contributed by atoms with van der Waals surface area (Å²) in [4.78, 5) is 46.5. The highest BCUT2D eigenvalue weighted by atomic mass is 79.9. The van der Waals surface area contributed by atoms with E-state index in [2.05, 4.69) is 71.0 Å². The monoisotopic (exact) mass is 612 g/mol. The van der Waals surface area contributed by atoms with Crippen molar-refractivity contribution in [2.45, 2.75) is 44.8 Å². The van der Waals surface area contributed by atoms with E-state index in [4.69, 9.17) is 5.73 Å². The highest BCUT2D eigenvalue weighted by molar-refractivity contribution is 9.10. The molecule has 0 bridgehead atoms. The second kappa shape index (κ2) is 7.94. The number of likely N-dealkylation sites (tertiary alicyclic amines) is 1. The van der Waals surface area contributed by atoms with Crippen LogP contribution >= 0.6 is 31.9 Å². The molecule has 1 saturated heterocycles. The smallest absolute Gasteiger partial charge is 0.248 e. The number of nitrogens with zero attached hydrogens (tertiary/aromatic N) is 6. The molecule has 0 unspecified atom stereocenters. The lowest BCUT2D eigenvalue weighted by atomic mass is 10.00. The van der Waals surface area contributed by atoms with E-state index in [0.29, 0.717) is 43.8 Å². The lowest BCUT2D eigenvalue weighted by Gasteiger charge is -2.32. The van der Waals surface area contributed by atoms with Crippen molar-refractivity contribution in [3.63, 3.8) is 0 Å². The highest BCUT2D eigenvalue weighted by Gasteiger charge is 2.73. The molecule has 10 nitrogen and oxygen atoms in total. The van der Waals surface area contributed by atoms with Crippen LogP contribution in [-0.4, -0.2) is 52.8 Å². The average molecular weight is 614 g/mol. The van der Waals surface area contributed by atoms with Crippen LogP contribution in [0.5, 0.6) is 0 Å². The zero-order valence-corrected chi connectivity index (χ0v) is 22.7. The molecule has 6 rings (SSSR count). The molecule has 5 heterocycles. The van der Waals surface area contributed by atoms with Crippen LogP contribution in [0.3, 0.4) is 0 Å². The normalized spacial score (nSPS) is 24.8. The summed E-state index contributed by atoms with van der Waals surface area (Å²) in [5, 5.41) is 3.48. The number of nitrogen functional groups attached to an aromatic ring is 1. The van der Waals surface area contributed by atoms with Crippen LogP contribution in [-0.2, 0) is 16.1 Å². The van der Waals surface area contributed by atoms with Crippen molar-refractivity contribution in [2.24, 2.45) is 5.41 Å². The summed E-state index contributed by atoms with van der Waals surface area (Å²) in [6.45, 7) is 4.18. The molecule has 4 aromatic rings. The standard InChI is InChI=1S/C24H22Br2N8O2/c1-23-8-13(22(36)32-16-5-3-4-14(25)30-16)34(24(23,2)10-23)17(35)9-33-12-6-7-15(26)31-19(12)18-20(27)28-11-29-21(18)33/h3-7,11,13H,8-10H2,1-2H3,(H2,27,28,29)(H,30,32,36)/t13-,23-,24-/m0/s1. The largest absolute Gasteiger partial charge is 0.383 e. The third-order valence-electron chi connectivity index (χ3n) is 7.71. The van der Waals surface area contributed by atoms with E-state index in [-0.39, 0.29) is 23.8 Å². The van der Waals surface area contributed by atoms with Gasteiger partial charge in [-0.1, -0.05) is 13.0 Å². The summed E-state index contributed by atoms with van der Waals surface area (Å²) in [7, 11) is 0. The lowest BCUT2D eigenvalue weighted by Crippen LogP contribution is -2.50. The predicted molar refractivity (Wildman–Crippen MR) is 142 cm³/mol. The summed E-state index contributed by atoms with van der Waals surface area (Å²) in [6, 6.07) is 8.38. The molecule has 0 aromatic carbocycles. The summed E-state index contributed by atoms with van der Waals surface area (Å²) in [5.74, 6) is 0.315. The van der Waals surface area contributed by atoms with Crippen LogP contribution in [0.25, 0.3) is 22.1 Å². The molecule has 0 radical (unpaired) electrons. The van der Waals surface area contributed by atoms with E-state index in [1.807, 2.05) is 12.1 Å². The minimum atomic E-state index is -0.609. The molecule has 2 aliphatic rings. The average Bonchev–Trinajstić information content (AvgIpc) is 3.10. The summed E-state index contributed by atoms with van der Waals surface area (Å²) >= 11 is 6.74. The van der Waals surface area contributed by atoms with Crippen molar-refractivity contribution >= 4 is 77.4 Å². The van der Waals surface area contributed by atoms with Crippen LogP contribution in [0, 0.1) is 5.41 Å². The molecule has 184 valence electrons. The van der Waals surface area contributed by atoms with Gasteiger partial charge in [-0.25, -0.2) is 19.9 Å². The quantitative estimate of drug-likeness (QED) is 0.334. The maximum Gasteiger partial charge on any atom is 0.248 e. The van der Waals surface area contributed by atoms with Gasteiger partial charge in [0.05, 0.1) is 10.9 Å². The van der Waals surface area contributed by atoms with Gasteiger partial charge in [0, 0.05) is 5.54 Å². The number of halogens is 2. The Morgan fingerprint density at radius 1 is 1.14 bits per heavy atom. The number of piperidine rings is 1. The minimum Gasteiger partial charge on any atom is -0.383 e. The molecule has 12 heteroatoms. The molecule has 1 aliphatic heterocycles. The van der Waals surface area contributed by atoms with Gasteiger partial charge in [0.25, 0.3) is 0 Å². The number of rotatable bonds is 4. The van der Waals surface area contributed by atoms with Crippen molar-refractivity contribution in [2.75, 3.05) is 11.1 Å². The van der Waals surface area contributed by atoms with Gasteiger partial charge in [0.1, 0.15) is 50.9 Å². The fraction of sp³-hybridized carbons (Fsp3) is 0.333. The maximum atomic E-state index is 14.0. The van der Waals surface area contributed by atoms with Crippen molar-refractivity contribution in [1.82, 2.24) is 29.4 Å². The Labute approximate surface area is 222 Å². The van der Waals surface area contributed by atoms with E-state index in [1.54, 1.807) is 27.7 Å². The first kappa shape index (κ1) is 23.3. The van der Waals surface area contributed by atoms with Crippen molar-refractivity contribution in [1.29, 1.82) is 0 Å². The number of hydrogen-bond acceptors (Lipinski definition) is 7. The van der Waals surface area contributed by atoms with E-state index in [1.165, 1.54) is 6.33 Å². The first-order valence-electron chi connectivity index (χ1n) is 11.4. The van der Waals surface area contributed by atoms with E-state index in [9.17, 15) is 9.59 Å². The molecule has 3 N–H and O–H groups in total. The fourth-order valence-corrected chi connectivity index (χ4v) is 6.38. The number of carbonyl (C=O) groups is 2. The maximum absolute atomic E-state index is 14.0. The molecular formula is C24H22Br2N8O2. The van der Waals surface area contributed by atoms with Gasteiger partial charge in [-0.05, 0) is 81.3 Å². The summed E-state index contributed by atoms with van der Waals surface area (Å²) < 4.78 is 3.06. The Kier molecular flexibility index (Phi) is 5.14. The molecule has 2 fully saturated rings. The Bertz CT molecular complexity index is 1590. The van der Waals surface area contributed by atoms with Crippen LogP contribution in [0.1, 0.15) is 26.7 Å². The molecule has 3 atom stereocenters. The van der Waals surface area contributed by atoms with Crippen LogP contribution in [0.15, 0.2) is 45.9 Å². The number of nitrogens with two attached hydrogens (primary N) is 1. The summed E-state index contributed by atoms with van der Waals surface area (Å²) in [5.41, 5.74) is 7.52. The Morgan fingerprint density at radius 2 is 1.92 bits per heavy atom. The number of hydrogen-bond donors (Lipinski definition) is 2. The minimum absolute atomic E-state index is 0.00957. The number of nitrogens with one attached hydrogen (secondary N) is 1. The number of amides is 2. The molecule has 2 amide bonds. The third-order valence-corrected chi connectivity index (χ3v) is 8.59. The second-order valence-corrected chi connectivity index (χ2v) is 11.5. The molecular weight excluding hydrogens is 592 g/mol. The Morgan fingerprint density at radius 3 is 2.69 bits per heavy atom. The second-order valence-electron chi connectivity index (χ2n) is 9.88. The zero-order chi connectivity index (χ0) is 25.4. The molecule has 1 saturated carbocycles. The number of aromatic nitrogens is 5. The van der Waals surface area contributed by atoms with Gasteiger partial charge >= 0.3 is 0 Å².